The van der Waals surface area contributed by atoms with Crippen LogP contribution in [0.1, 0.15) is 43.4 Å². The lowest BCUT2D eigenvalue weighted by Crippen LogP contribution is -2.40. The number of benzene rings is 2. The van der Waals surface area contributed by atoms with Gasteiger partial charge in [-0.05, 0) is 62.1 Å². The number of guanidine groups is 1. The quantitative estimate of drug-likeness (QED) is 0.437. The summed E-state index contributed by atoms with van der Waals surface area (Å²) in [6, 6.07) is 14.2. The van der Waals surface area contributed by atoms with Crippen LogP contribution in [-0.4, -0.2) is 38.5 Å². The second-order valence-electron chi connectivity index (χ2n) is 7.86. The van der Waals surface area contributed by atoms with E-state index >= 15 is 0 Å². The lowest BCUT2D eigenvalue weighted by Gasteiger charge is -2.22. The van der Waals surface area contributed by atoms with Crippen LogP contribution >= 0.6 is 11.6 Å². The number of nitrogens with zero attached hydrogens (tertiary/aromatic N) is 2. The third-order valence-corrected chi connectivity index (χ3v) is 6.01. The van der Waals surface area contributed by atoms with Crippen molar-refractivity contribution in [1.29, 1.82) is 0 Å². The Balaban J connectivity index is 1.48. The molecule has 31 heavy (non-hydrogen) atoms. The molecule has 1 saturated heterocycles. The number of hydrogen-bond donors (Lipinski definition) is 3. The molecule has 0 radical (unpaired) electrons. The summed E-state index contributed by atoms with van der Waals surface area (Å²) in [5.41, 5.74) is 4.10. The van der Waals surface area contributed by atoms with E-state index in [0.717, 1.165) is 24.3 Å². The number of anilines is 2. The normalized spacial score (nSPS) is 15.0. The maximum Gasteiger partial charge on any atom is 0.226 e. The van der Waals surface area contributed by atoms with E-state index in [2.05, 4.69) is 57.0 Å². The van der Waals surface area contributed by atoms with Gasteiger partial charge in [-0.1, -0.05) is 29.8 Å². The van der Waals surface area contributed by atoms with Crippen LogP contribution in [0.25, 0.3) is 0 Å². The number of amides is 1. The maximum absolute atomic E-state index is 12.3. The zero-order valence-corrected chi connectivity index (χ0v) is 19.3. The number of carbonyl (C=O) groups excluding carboxylic acids is 1. The molecule has 0 bridgehead atoms. The summed E-state index contributed by atoms with van der Waals surface area (Å²) in [5.74, 6) is 0.602. The Labute approximate surface area is 190 Å². The highest BCUT2D eigenvalue weighted by Gasteiger charge is 2.15. The molecule has 0 aromatic heterocycles. The van der Waals surface area contributed by atoms with Gasteiger partial charge in [0.1, 0.15) is 0 Å². The predicted molar refractivity (Wildman–Crippen MR) is 130 cm³/mol. The molecule has 1 aliphatic heterocycles. The number of aliphatic imine (C=N–C) groups is 1. The van der Waals surface area contributed by atoms with Gasteiger partial charge in [0, 0.05) is 49.5 Å². The van der Waals surface area contributed by atoms with Gasteiger partial charge in [-0.2, -0.15) is 0 Å². The standard InChI is InChI=1S/C24H32ClN5O/c1-17-21(25)10-7-11-22(17)29-23(31)12-13-27-24(26-3)28-18(2)19-8-6-9-20(16-19)30-14-4-5-15-30/h6-11,16,18H,4-5,12-15H2,1-3H3,(H,29,31)(H2,26,27,28). The fourth-order valence-corrected chi connectivity index (χ4v) is 3.87. The highest BCUT2D eigenvalue weighted by atomic mass is 35.5. The van der Waals surface area contributed by atoms with Gasteiger partial charge in [-0.25, -0.2) is 0 Å². The van der Waals surface area contributed by atoms with Gasteiger partial charge in [-0.15, -0.1) is 0 Å². The van der Waals surface area contributed by atoms with Crippen LogP contribution in [0.4, 0.5) is 11.4 Å². The molecule has 1 atom stereocenters. The maximum atomic E-state index is 12.3. The predicted octanol–water partition coefficient (Wildman–Crippen LogP) is 4.50. The van der Waals surface area contributed by atoms with Gasteiger partial charge >= 0.3 is 0 Å². The van der Waals surface area contributed by atoms with Gasteiger partial charge in [0.05, 0.1) is 6.04 Å². The summed E-state index contributed by atoms with van der Waals surface area (Å²) in [6.45, 7) is 6.74. The second kappa shape index (κ2) is 11.0. The first-order valence-electron chi connectivity index (χ1n) is 10.8. The minimum absolute atomic E-state index is 0.0697. The van der Waals surface area contributed by atoms with E-state index in [1.165, 1.54) is 24.1 Å². The van der Waals surface area contributed by atoms with Gasteiger partial charge in [0.25, 0.3) is 0 Å². The summed E-state index contributed by atoms with van der Waals surface area (Å²) in [5, 5.41) is 10.2. The summed E-state index contributed by atoms with van der Waals surface area (Å²) >= 11 is 6.12. The van der Waals surface area contributed by atoms with Gasteiger partial charge in [-0.3, -0.25) is 9.79 Å². The molecule has 0 aliphatic carbocycles. The molecule has 1 amide bonds. The Hall–Kier alpha value is -2.73. The highest BCUT2D eigenvalue weighted by Crippen LogP contribution is 2.24. The van der Waals surface area contributed by atoms with Crippen molar-refractivity contribution >= 4 is 34.8 Å². The van der Waals surface area contributed by atoms with Crippen LogP contribution in [0, 0.1) is 6.92 Å². The average Bonchev–Trinajstić information content (AvgIpc) is 3.31. The first-order valence-corrected chi connectivity index (χ1v) is 11.2. The summed E-state index contributed by atoms with van der Waals surface area (Å²) in [6.07, 6.45) is 2.85. The van der Waals surface area contributed by atoms with Crippen molar-refractivity contribution in [3.8, 4) is 0 Å². The molecule has 3 N–H and O–H groups in total. The first-order chi connectivity index (χ1) is 15.0. The van der Waals surface area contributed by atoms with Crippen molar-refractivity contribution in [2.45, 2.75) is 39.2 Å². The van der Waals surface area contributed by atoms with Crippen LogP contribution in [0.5, 0.6) is 0 Å². The fraction of sp³-hybridized carbons (Fsp3) is 0.417. The van der Waals surface area contributed by atoms with Crippen molar-refractivity contribution in [2.75, 3.05) is 36.9 Å². The van der Waals surface area contributed by atoms with Crippen LogP contribution in [0.15, 0.2) is 47.5 Å². The van der Waals surface area contributed by atoms with E-state index in [9.17, 15) is 4.79 Å². The van der Waals surface area contributed by atoms with Crippen LogP contribution in [0.2, 0.25) is 5.02 Å². The Morgan fingerprint density at radius 3 is 2.68 bits per heavy atom. The van der Waals surface area contributed by atoms with E-state index in [4.69, 9.17) is 11.6 Å². The van der Waals surface area contributed by atoms with Crippen molar-refractivity contribution in [3.05, 3.63) is 58.6 Å². The van der Waals surface area contributed by atoms with E-state index in [0.29, 0.717) is 23.9 Å². The number of halogens is 1. The lowest BCUT2D eigenvalue weighted by molar-refractivity contribution is -0.116. The Kier molecular flexibility index (Phi) is 8.18. The van der Waals surface area contributed by atoms with Gasteiger partial charge in [0.15, 0.2) is 5.96 Å². The summed E-state index contributed by atoms with van der Waals surface area (Å²) in [4.78, 5) is 19.0. The van der Waals surface area contributed by atoms with Crippen molar-refractivity contribution in [3.63, 3.8) is 0 Å². The lowest BCUT2D eigenvalue weighted by atomic mass is 10.1. The van der Waals surface area contributed by atoms with Gasteiger partial charge < -0.3 is 20.9 Å². The number of rotatable bonds is 7. The van der Waals surface area contributed by atoms with Crippen molar-refractivity contribution in [2.24, 2.45) is 4.99 Å². The molecule has 1 heterocycles. The molecule has 1 unspecified atom stereocenters. The van der Waals surface area contributed by atoms with Crippen molar-refractivity contribution in [1.82, 2.24) is 10.6 Å². The van der Waals surface area contributed by atoms with Crippen LogP contribution in [0.3, 0.4) is 0 Å². The van der Waals surface area contributed by atoms with E-state index in [1.54, 1.807) is 7.05 Å². The molecular weight excluding hydrogens is 410 g/mol. The third kappa shape index (κ3) is 6.37. The van der Waals surface area contributed by atoms with Crippen LogP contribution < -0.4 is 20.9 Å². The highest BCUT2D eigenvalue weighted by molar-refractivity contribution is 6.31. The molecule has 7 heteroatoms. The summed E-state index contributed by atoms with van der Waals surface area (Å²) < 4.78 is 0. The molecular formula is C24H32ClN5O. The smallest absolute Gasteiger partial charge is 0.226 e. The number of hydrogen-bond acceptors (Lipinski definition) is 3. The minimum Gasteiger partial charge on any atom is -0.372 e. The molecule has 1 aliphatic rings. The zero-order valence-electron chi connectivity index (χ0n) is 18.5. The molecule has 0 saturated carbocycles. The summed E-state index contributed by atoms with van der Waals surface area (Å²) in [7, 11) is 1.73. The van der Waals surface area contributed by atoms with E-state index < -0.39 is 0 Å². The monoisotopic (exact) mass is 441 g/mol. The zero-order chi connectivity index (χ0) is 22.2. The SMILES string of the molecule is CN=C(NCCC(=O)Nc1cccc(Cl)c1C)NC(C)c1cccc(N2CCCC2)c1. The minimum atomic E-state index is -0.0697. The Bertz CT molecular complexity index is 924. The molecule has 166 valence electrons. The van der Waals surface area contributed by atoms with E-state index in [-0.39, 0.29) is 11.9 Å². The Morgan fingerprint density at radius 2 is 1.94 bits per heavy atom. The molecule has 0 spiro atoms. The fourth-order valence-electron chi connectivity index (χ4n) is 3.70. The van der Waals surface area contributed by atoms with Gasteiger partial charge in [0.2, 0.25) is 5.91 Å². The number of nitrogens with one attached hydrogen (secondary N) is 3. The van der Waals surface area contributed by atoms with Crippen molar-refractivity contribution < 1.29 is 4.79 Å². The number of carbonyl (C=O) groups is 1. The van der Waals surface area contributed by atoms with E-state index in [1.807, 2.05) is 25.1 Å². The topological polar surface area (TPSA) is 68.8 Å². The first kappa shape index (κ1) is 22.9. The third-order valence-electron chi connectivity index (χ3n) is 5.60. The largest absolute Gasteiger partial charge is 0.372 e. The molecule has 3 rings (SSSR count). The van der Waals surface area contributed by atoms with Crippen LogP contribution in [-0.2, 0) is 4.79 Å². The second-order valence-corrected chi connectivity index (χ2v) is 8.27. The Morgan fingerprint density at radius 1 is 1.19 bits per heavy atom. The average molecular weight is 442 g/mol. The molecule has 2 aromatic carbocycles. The molecule has 6 nitrogen and oxygen atoms in total. The molecule has 2 aromatic rings. The molecule has 1 fully saturated rings.